The van der Waals surface area contributed by atoms with Gasteiger partial charge in [-0.3, -0.25) is 5.01 Å². The Kier molecular flexibility index (Phi) is 2.44. The van der Waals surface area contributed by atoms with Crippen LogP contribution in [0.25, 0.3) is 0 Å². The predicted octanol–water partition coefficient (Wildman–Crippen LogP) is 0.996. The molecular formula is C6H8IN3. The summed E-state index contributed by atoms with van der Waals surface area (Å²) in [6.45, 7) is 0. The first-order valence-corrected chi connectivity index (χ1v) is 3.88. The zero-order chi connectivity index (χ0) is 7.56. The summed E-state index contributed by atoms with van der Waals surface area (Å²) < 4.78 is 1.06. The summed E-state index contributed by atoms with van der Waals surface area (Å²) in [5.74, 6) is 6.29. The number of hydrazine groups is 1. The molecule has 0 aliphatic rings. The third kappa shape index (κ3) is 1.57. The summed E-state index contributed by atoms with van der Waals surface area (Å²) in [6.07, 6.45) is 1.72. The monoisotopic (exact) mass is 249 g/mol. The van der Waals surface area contributed by atoms with Gasteiger partial charge in [-0.25, -0.2) is 10.8 Å². The van der Waals surface area contributed by atoms with E-state index in [9.17, 15) is 0 Å². The van der Waals surface area contributed by atoms with Crippen molar-refractivity contribution in [2.24, 2.45) is 5.84 Å². The molecule has 0 radical (unpaired) electrons. The smallest absolute Gasteiger partial charge is 0.155 e. The van der Waals surface area contributed by atoms with Gasteiger partial charge in [-0.2, -0.15) is 0 Å². The maximum Gasteiger partial charge on any atom is 0.155 e. The molecule has 4 heteroatoms. The maximum absolute atomic E-state index is 5.48. The average Bonchev–Trinajstić information content (AvgIpc) is 1.88. The van der Waals surface area contributed by atoms with Gasteiger partial charge in [-0.1, -0.05) is 0 Å². The topological polar surface area (TPSA) is 42.1 Å². The van der Waals surface area contributed by atoms with E-state index >= 15 is 0 Å². The lowest BCUT2D eigenvalue weighted by Crippen LogP contribution is -2.26. The summed E-state index contributed by atoms with van der Waals surface area (Å²) in [5.41, 5.74) is 0. The second-order valence-electron chi connectivity index (χ2n) is 1.92. The number of rotatable bonds is 1. The number of hydrogen-bond acceptors (Lipinski definition) is 3. The number of anilines is 1. The molecule has 0 fully saturated rings. The van der Waals surface area contributed by atoms with Crippen molar-refractivity contribution in [3.05, 3.63) is 21.9 Å². The minimum absolute atomic E-state index is 0.808. The van der Waals surface area contributed by atoms with Gasteiger partial charge >= 0.3 is 0 Å². The number of halogens is 1. The van der Waals surface area contributed by atoms with Crippen LogP contribution in [0.2, 0.25) is 0 Å². The molecule has 1 aromatic heterocycles. The lowest BCUT2D eigenvalue weighted by atomic mass is 10.5. The summed E-state index contributed by atoms with van der Waals surface area (Å²) in [4.78, 5) is 4.07. The summed E-state index contributed by atoms with van der Waals surface area (Å²) in [6, 6.07) is 3.85. The van der Waals surface area contributed by atoms with Crippen molar-refractivity contribution in [2.75, 3.05) is 12.1 Å². The molecule has 54 valence electrons. The van der Waals surface area contributed by atoms with Crippen LogP contribution in [0.3, 0.4) is 0 Å². The van der Waals surface area contributed by atoms with Gasteiger partial charge in [0.1, 0.15) is 0 Å². The van der Waals surface area contributed by atoms with Crippen molar-refractivity contribution < 1.29 is 0 Å². The fraction of sp³-hybridized carbons (Fsp3) is 0.167. The van der Waals surface area contributed by atoms with Gasteiger partial charge in [0, 0.05) is 13.2 Å². The lowest BCUT2D eigenvalue weighted by Gasteiger charge is -2.11. The van der Waals surface area contributed by atoms with Crippen LogP contribution in [0.1, 0.15) is 0 Å². The summed E-state index contributed by atoms with van der Waals surface area (Å²) in [7, 11) is 1.77. The number of aromatic nitrogens is 1. The van der Waals surface area contributed by atoms with Gasteiger partial charge in [0.25, 0.3) is 0 Å². The Morgan fingerprint density at radius 1 is 1.70 bits per heavy atom. The third-order valence-electron chi connectivity index (χ3n) is 1.07. The predicted molar refractivity (Wildman–Crippen MR) is 49.5 cm³/mol. The fourth-order valence-corrected chi connectivity index (χ4v) is 1.36. The molecule has 10 heavy (non-hydrogen) atoms. The van der Waals surface area contributed by atoms with Crippen molar-refractivity contribution in [1.29, 1.82) is 0 Å². The van der Waals surface area contributed by atoms with E-state index < -0.39 is 0 Å². The highest BCUT2D eigenvalue weighted by Gasteiger charge is 1.99. The first-order valence-electron chi connectivity index (χ1n) is 2.81. The highest BCUT2D eigenvalue weighted by atomic mass is 127. The molecule has 0 unspecified atom stereocenters. The van der Waals surface area contributed by atoms with E-state index in [0.717, 1.165) is 9.39 Å². The number of nitrogens with two attached hydrogens (primary N) is 1. The Hall–Kier alpha value is -0.360. The Morgan fingerprint density at radius 3 is 2.80 bits per heavy atom. The zero-order valence-corrected chi connectivity index (χ0v) is 7.74. The first-order chi connectivity index (χ1) is 4.72. The SMILES string of the molecule is CN(N)c1ncccc1I. The van der Waals surface area contributed by atoms with Crippen molar-refractivity contribution in [2.45, 2.75) is 0 Å². The highest BCUT2D eigenvalue weighted by molar-refractivity contribution is 14.1. The van der Waals surface area contributed by atoms with E-state index in [1.54, 1.807) is 13.2 Å². The van der Waals surface area contributed by atoms with Crippen molar-refractivity contribution in [1.82, 2.24) is 4.98 Å². The van der Waals surface area contributed by atoms with Gasteiger partial charge in [0.2, 0.25) is 0 Å². The minimum atomic E-state index is 0.808. The Labute approximate surface area is 73.3 Å². The van der Waals surface area contributed by atoms with Gasteiger partial charge in [-0.15, -0.1) is 0 Å². The van der Waals surface area contributed by atoms with Gasteiger partial charge in [0.15, 0.2) is 5.82 Å². The molecule has 0 aliphatic heterocycles. The minimum Gasteiger partial charge on any atom is -0.297 e. The zero-order valence-electron chi connectivity index (χ0n) is 5.58. The standard InChI is InChI=1S/C6H8IN3/c1-10(8)6-5(7)3-2-4-9-6/h2-4H,8H2,1H3. The van der Waals surface area contributed by atoms with E-state index in [0.29, 0.717) is 0 Å². The molecule has 2 N–H and O–H groups in total. The largest absolute Gasteiger partial charge is 0.297 e. The molecule has 0 saturated heterocycles. The van der Waals surface area contributed by atoms with Crippen LogP contribution in [0.5, 0.6) is 0 Å². The lowest BCUT2D eigenvalue weighted by molar-refractivity contribution is 0.971. The van der Waals surface area contributed by atoms with E-state index in [2.05, 4.69) is 27.6 Å². The third-order valence-corrected chi connectivity index (χ3v) is 1.92. The molecule has 0 spiro atoms. The number of pyridine rings is 1. The number of nitrogens with zero attached hydrogens (tertiary/aromatic N) is 2. The molecule has 0 bridgehead atoms. The van der Waals surface area contributed by atoms with Crippen molar-refractivity contribution in [3.8, 4) is 0 Å². The molecule has 0 saturated carbocycles. The molecule has 0 aliphatic carbocycles. The normalized spacial score (nSPS) is 9.50. The van der Waals surface area contributed by atoms with E-state index in [1.165, 1.54) is 5.01 Å². The highest BCUT2D eigenvalue weighted by Crippen LogP contribution is 2.14. The van der Waals surface area contributed by atoms with Crippen LogP contribution in [-0.2, 0) is 0 Å². The molecule has 1 rings (SSSR count). The molecule has 3 nitrogen and oxygen atoms in total. The van der Waals surface area contributed by atoms with Gasteiger partial charge in [0.05, 0.1) is 3.57 Å². The second-order valence-corrected chi connectivity index (χ2v) is 3.08. The Balaban J connectivity index is 3.03. The average molecular weight is 249 g/mol. The summed E-state index contributed by atoms with van der Waals surface area (Å²) >= 11 is 2.19. The van der Waals surface area contributed by atoms with Gasteiger partial charge < -0.3 is 0 Å². The number of hydrogen-bond donors (Lipinski definition) is 1. The van der Waals surface area contributed by atoms with Crippen LogP contribution >= 0.6 is 22.6 Å². The van der Waals surface area contributed by atoms with E-state index in [-0.39, 0.29) is 0 Å². The van der Waals surface area contributed by atoms with E-state index in [4.69, 9.17) is 5.84 Å². The second kappa shape index (κ2) is 3.16. The molecule has 1 heterocycles. The molecule has 1 aromatic rings. The van der Waals surface area contributed by atoms with Crippen LogP contribution in [0.4, 0.5) is 5.82 Å². The first kappa shape index (κ1) is 7.74. The quantitative estimate of drug-likeness (QED) is 0.458. The Bertz CT molecular complexity index is 224. The maximum atomic E-state index is 5.48. The molecule has 0 amide bonds. The Morgan fingerprint density at radius 2 is 2.40 bits per heavy atom. The van der Waals surface area contributed by atoms with Crippen molar-refractivity contribution >= 4 is 28.4 Å². The van der Waals surface area contributed by atoms with Gasteiger partial charge in [-0.05, 0) is 34.7 Å². The van der Waals surface area contributed by atoms with E-state index in [1.807, 2.05) is 12.1 Å². The van der Waals surface area contributed by atoms with Crippen molar-refractivity contribution in [3.63, 3.8) is 0 Å². The summed E-state index contributed by atoms with van der Waals surface area (Å²) in [5, 5.41) is 1.50. The van der Waals surface area contributed by atoms with Crippen LogP contribution < -0.4 is 10.9 Å². The molecule has 0 aromatic carbocycles. The fourth-order valence-electron chi connectivity index (χ4n) is 0.637. The molecular weight excluding hydrogens is 241 g/mol. The molecule has 0 atom stereocenters. The van der Waals surface area contributed by atoms with Crippen LogP contribution in [0.15, 0.2) is 18.3 Å². The van der Waals surface area contributed by atoms with Crippen LogP contribution in [-0.4, -0.2) is 12.0 Å². The van der Waals surface area contributed by atoms with Crippen LogP contribution in [0, 0.1) is 3.57 Å².